The smallest absolute Gasteiger partial charge is 0.341 e. The number of hydrogen-bond donors (Lipinski definition) is 1. The second kappa shape index (κ2) is 10.8. The predicted octanol–water partition coefficient (Wildman–Crippen LogP) is 4.39. The monoisotopic (exact) mass is 543 g/mol. The molecule has 39 heavy (non-hydrogen) atoms. The minimum absolute atomic E-state index is 0.0298. The Hall–Kier alpha value is -3.76. The Labute approximate surface area is 225 Å². The van der Waals surface area contributed by atoms with Crippen LogP contribution in [-0.4, -0.2) is 77.5 Å². The van der Waals surface area contributed by atoms with E-state index in [9.17, 15) is 27.6 Å². The van der Waals surface area contributed by atoms with Gasteiger partial charge in [-0.2, -0.15) is 13.2 Å². The van der Waals surface area contributed by atoms with Crippen LogP contribution >= 0.6 is 0 Å². The van der Waals surface area contributed by atoms with Crippen LogP contribution in [0.2, 0.25) is 0 Å². The van der Waals surface area contributed by atoms with Crippen LogP contribution in [0.4, 0.5) is 29.3 Å². The molecular formula is C28H32F3N5O3. The van der Waals surface area contributed by atoms with Crippen molar-refractivity contribution in [2.75, 3.05) is 49.6 Å². The Morgan fingerprint density at radius 2 is 1.49 bits per heavy atom. The van der Waals surface area contributed by atoms with Crippen molar-refractivity contribution in [1.29, 1.82) is 0 Å². The first-order chi connectivity index (χ1) is 18.7. The number of anilines is 2. The lowest BCUT2D eigenvalue weighted by Crippen LogP contribution is -2.58. The van der Waals surface area contributed by atoms with Crippen LogP contribution in [0, 0.1) is 0 Å². The molecule has 3 aliphatic rings. The number of hydrogen-bond acceptors (Lipinski definition) is 4. The van der Waals surface area contributed by atoms with Gasteiger partial charge in [0.05, 0.1) is 12.2 Å². The number of nitrogens with zero attached hydrogens (tertiary/aromatic N) is 4. The topological polar surface area (TPSA) is 76.2 Å². The molecule has 0 aliphatic carbocycles. The highest BCUT2D eigenvalue weighted by molar-refractivity contribution is 5.97. The van der Waals surface area contributed by atoms with E-state index >= 15 is 0 Å². The highest BCUT2D eigenvalue weighted by Gasteiger charge is 2.54. The molecule has 0 saturated carbocycles. The van der Waals surface area contributed by atoms with Crippen molar-refractivity contribution in [2.24, 2.45) is 0 Å². The van der Waals surface area contributed by atoms with Crippen LogP contribution in [-0.2, 0) is 15.8 Å². The van der Waals surface area contributed by atoms with Crippen LogP contribution in [0.3, 0.4) is 0 Å². The Morgan fingerprint density at radius 3 is 2.10 bits per heavy atom. The summed E-state index contributed by atoms with van der Waals surface area (Å²) in [5, 5.41) is 2.66. The van der Waals surface area contributed by atoms with E-state index in [0.717, 1.165) is 50.2 Å². The fraction of sp³-hybridized carbons (Fsp3) is 0.464. The van der Waals surface area contributed by atoms with Gasteiger partial charge in [-0.25, -0.2) is 4.79 Å². The van der Waals surface area contributed by atoms with Crippen molar-refractivity contribution in [2.45, 2.75) is 43.8 Å². The lowest BCUT2D eigenvalue weighted by Gasteiger charge is -2.43. The van der Waals surface area contributed by atoms with Gasteiger partial charge in [-0.15, -0.1) is 0 Å². The van der Waals surface area contributed by atoms with Crippen LogP contribution in [0.1, 0.15) is 37.7 Å². The summed E-state index contributed by atoms with van der Waals surface area (Å²) in [5.74, 6) is -0.152. The molecule has 1 N–H and O–H groups in total. The summed E-state index contributed by atoms with van der Waals surface area (Å²) in [6.07, 6.45) is -0.645. The van der Waals surface area contributed by atoms with E-state index in [4.69, 9.17) is 0 Å². The number of rotatable bonds is 4. The summed E-state index contributed by atoms with van der Waals surface area (Å²) < 4.78 is 38.5. The molecule has 3 saturated heterocycles. The summed E-state index contributed by atoms with van der Waals surface area (Å²) in [5.41, 5.74) is -0.529. The van der Waals surface area contributed by atoms with Gasteiger partial charge in [-0.05, 0) is 68.5 Å². The van der Waals surface area contributed by atoms with Crippen molar-refractivity contribution >= 4 is 29.2 Å². The summed E-state index contributed by atoms with van der Waals surface area (Å²) in [6.45, 7) is 2.34. The van der Waals surface area contributed by atoms with E-state index in [1.807, 2.05) is 40.1 Å². The number of piperidine rings is 2. The van der Waals surface area contributed by atoms with Crippen LogP contribution < -0.4 is 10.2 Å². The Bertz CT molecular complexity index is 1190. The molecule has 3 heterocycles. The first-order valence-electron chi connectivity index (χ1n) is 13.3. The van der Waals surface area contributed by atoms with Crippen molar-refractivity contribution < 1.29 is 27.6 Å². The number of nitrogens with one attached hydrogen (secondary N) is 1. The van der Waals surface area contributed by atoms with Crippen molar-refractivity contribution in [3.63, 3.8) is 0 Å². The molecule has 11 heteroatoms. The van der Waals surface area contributed by atoms with Gasteiger partial charge in [0.2, 0.25) is 5.91 Å². The van der Waals surface area contributed by atoms with Gasteiger partial charge in [-0.1, -0.05) is 18.2 Å². The summed E-state index contributed by atoms with van der Waals surface area (Å²) in [6, 6.07) is 13.5. The molecule has 8 nitrogen and oxygen atoms in total. The Balaban J connectivity index is 1.28. The molecule has 3 aliphatic heterocycles. The molecule has 2 aromatic carbocycles. The van der Waals surface area contributed by atoms with Gasteiger partial charge in [0.15, 0.2) is 0 Å². The third-order valence-corrected chi connectivity index (χ3v) is 7.96. The standard InChI is InChI=1S/C28H32F3N5O3/c29-28(30,31)21-9-11-22(12-10-21)32-26(39)34-17-13-27(14-18-34)25(38)35(19-24(37)33-15-5-2-6-16-33)20-36(27)23-7-3-1-4-8-23/h1,3-4,7-12H,2,5-6,13-20H2,(H,32,39). The maximum atomic E-state index is 13.9. The number of para-hydroxylation sites is 1. The van der Waals surface area contributed by atoms with E-state index in [-0.39, 0.29) is 37.1 Å². The minimum atomic E-state index is -4.45. The van der Waals surface area contributed by atoms with Crippen molar-refractivity contribution in [3.8, 4) is 0 Å². The number of amides is 4. The second-order valence-corrected chi connectivity index (χ2v) is 10.4. The third kappa shape index (κ3) is 5.53. The number of halogens is 3. The minimum Gasteiger partial charge on any atom is -0.341 e. The molecule has 5 rings (SSSR count). The molecular weight excluding hydrogens is 511 g/mol. The lowest BCUT2D eigenvalue weighted by atomic mass is 9.85. The van der Waals surface area contributed by atoms with Crippen LogP contribution in [0.15, 0.2) is 54.6 Å². The zero-order chi connectivity index (χ0) is 27.6. The van der Waals surface area contributed by atoms with Gasteiger partial charge < -0.3 is 24.9 Å². The SMILES string of the molecule is O=C(CN1CN(c2ccccc2)C2(CCN(C(=O)Nc3ccc(C(F)(F)F)cc3)CC2)C1=O)N1CCCCC1. The van der Waals surface area contributed by atoms with Crippen LogP contribution in [0.25, 0.3) is 0 Å². The Morgan fingerprint density at radius 1 is 0.846 bits per heavy atom. The molecule has 0 radical (unpaired) electrons. The molecule has 208 valence electrons. The first kappa shape index (κ1) is 26.8. The average molecular weight is 544 g/mol. The zero-order valence-corrected chi connectivity index (χ0v) is 21.6. The number of benzene rings is 2. The fourth-order valence-electron chi connectivity index (χ4n) is 5.75. The highest BCUT2D eigenvalue weighted by atomic mass is 19.4. The van der Waals surface area contributed by atoms with Gasteiger partial charge in [0.1, 0.15) is 12.1 Å². The second-order valence-electron chi connectivity index (χ2n) is 10.4. The van der Waals surface area contributed by atoms with E-state index in [1.54, 1.807) is 9.80 Å². The number of urea groups is 1. The van der Waals surface area contributed by atoms with Crippen molar-refractivity contribution in [1.82, 2.24) is 14.7 Å². The molecule has 0 atom stereocenters. The van der Waals surface area contributed by atoms with Gasteiger partial charge in [-0.3, -0.25) is 9.59 Å². The molecule has 4 amide bonds. The predicted molar refractivity (Wildman–Crippen MR) is 140 cm³/mol. The third-order valence-electron chi connectivity index (χ3n) is 7.96. The maximum absolute atomic E-state index is 13.9. The summed E-state index contributed by atoms with van der Waals surface area (Å²) in [4.78, 5) is 46.8. The first-order valence-corrected chi connectivity index (χ1v) is 13.3. The molecule has 0 bridgehead atoms. The summed E-state index contributed by atoms with van der Waals surface area (Å²) in [7, 11) is 0. The molecule has 1 spiro atoms. The summed E-state index contributed by atoms with van der Waals surface area (Å²) >= 11 is 0. The van der Waals surface area contributed by atoms with Crippen LogP contribution in [0.5, 0.6) is 0 Å². The average Bonchev–Trinajstić information content (AvgIpc) is 3.20. The zero-order valence-electron chi connectivity index (χ0n) is 21.6. The number of carbonyl (C=O) groups is 3. The van der Waals surface area contributed by atoms with E-state index in [2.05, 4.69) is 5.32 Å². The quantitative estimate of drug-likeness (QED) is 0.621. The van der Waals surface area contributed by atoms with Crippen molar-refractivity contribution in [3.05, 3.63) is 60.2 Å². The van der Waals surface area contributed by atoms with Gasteiger partial charge in [0, 0.05) is 37.6 Å². The van der Waals surface area contributed by atoms with Gasteiger partial charge in [0.25, 0.3) is 5.91 Å². The van der Waals surface area contributed by atoms with E-state index < -0.39 is 23.3 Å². The molecule has 3 fully saturated rings. The maximum Gasteiger partial charge on any atom is 0.416 e. The van der Waals surface area contributed by atoms with E-state index in [0.29, 0.717) is 19.5 Å². The Kier molecular flexibility index (Phi) is 7.42. The van der Waals surface area contributed by atoms with E-state index in [1.165, 1.54) is 12.1 Å². The lowest BCUT2D eigenvalue weighted by molar-refractivity contribution is -0.141. The fourth-order valence-corrected chi connectivity index (χ4v) is 5.75. The number of likely N-dealkylation sites (tertiary alicyclic amines) is 2. The molecule has 0 unspecified atom stereocenters. The molecule has 2 aromatic rings. The largest absolute Gasteiger partial charge is 0.416 e. The van der Waals surface area contributed by atoms with Gasteiger partial charge >= 0.3 is 12.2 Å². The number of carbonyl (C=O) groups excluding carboxylic acids is 3. The highest BCUT2D eigenvalue weighted by Crippen LogP contribution is 2.39. The number of alkyl halides is 3. The normalized spacial score (nSPS) is 19.5. The molecule has 0 aromatic heterocycles.